The summed E-state index contributed by atoms with van der Waals surface area (Å²) in [7, 11) is 0. The van der Waals surface area contributed by atoms with Crippen molar-refractivity contribution in [1.82, 2.24) is 9.80 Å². The summed E-state index contributed by atoms with van der Waals surface area (Å²) in [5.74, 6) is 2.41. The van der Waals surface area contributed by atoms with Crippen LogP contribution in [0.5, 0.6) is 17.2 Å². The van der Waals surface area contributed by atoms with Crippen LogP contribution in [0.3, 0.4) is 0 Å². The highest BCUT2D eigenvalue weighted by atomic mass is 16.7. The number of hydrogen-bond donors (Lipinski definition) is 0. The average Bonchev–Trinajstić information content (AvgIpc) is 3.29. The van der Waals surface area contributed by atoms with E-state index in [1.807, 2.05) is 41.3 Å². The van der Waals surface area contributed by atoms with Crippen LogP contribution in [0.25, 0.3) is 0 Å². The van der Waals surface area contributed by atoms with E-state index >= 15 is 0 Å². The van der Waals surface area contributed by atoms with Crippen molar-refractivity contribution < 1.29 is 23.8 Å². The van der Waals surface area contributed by atoms with Crippen molar-refractivity contribution in [2.75, 3.05) is 51.0 Å². The number of fused-ring (bicyclic) bond motifs is 2. The molecule has 3 aliphatic heterocycles. The molecule has 0 radical (unpaired) electrons. The molecule has 0 unspecified atom stereocenters. The Morgan fingerprint density at radius 3 is 2.59 bits per heavy atom. The Morgan fingerprint density at radius 1 is 0.906 bits per heavy atom. The standard InChI is InChI=1S/C24H27N3O5/c28-23(6-3-9-27-19-4-1-2-5-20(19)30-16-24(27)29)26-12-10-25(11-13-26)15-18-7-8-21-22(14-18)32-17-31-21/h1-2,4-5,7-8,14H,3,6,9-13,15-17H2. The van der Waals surface area contributed by atoms with E-state index in [2.05, 4.69) is 11.0 Å². The van der Waals surface area contributed by atoms with E-state index in [9.17, 15) is 9.59 Å². The van der Waals surface area contributed by atoms with Gasteiger partial charge in [0.1, 0.15) is 5.75 Å². The predicted octanol–water partition coefficient (Wildman–Crippen LogP) is 2.27. The summed E-state index contributed by atoms with van der Waals surface area (Å²) in [6.07, 6.45) is 1.07. The van der Waals surface area contributed by atoms with E-state index in [4.69, 9.17) is 14.2 Å². The molecule has 0 spiro atoms. The number of nitrogens with zero attached hydrogens (tertiary/aromatic N) is 3. The van der Waals surface area contributed by atoms with Gasteiger partial charge in [-0.1, -0.05) is 18.2 Å². The Labute approximate surface area is 187 Å². The largest absolute Gasteiger partial charge is 0.482 e. The Kier molecular flexibility index (Phi) is 5.85. The monoisotopic (exact) mass is 437 g/mol. The van der Waals surface area contributed by atoms with Gasteiger partial charge in [0.2, 0.25) is 12.7 Å². The second-order valence-corrected chi connectivity index (χ2v) is 8.25. The zero-order valence-corrected chi connectivity index (χ0v) is 18.0. The highest BCUT2D eigenvalue weighted by Gasteiger charge is 2.26. The van der Waals surface area contributed by atoms with Crippen LogP contribution in [0.15, 0.2) is 42.5 Å². The normalized spacial score (nSPS) is 17.8. The molecule has 1 saturated heterocycles. The Balaban J connectivity index is 1.07. The van der Waals surface area contributed by atoms with E-state index in [1.165, 1.54) is 5.56 Å². The second-order valence-electron chi connectivity index (χ2n) is 8.25. The Bertz CT molecular complexity index is 1000. The smallest absolute Gasteiger partial charge is 0.265 e. The molecule has 2 aromatic carbocycles. The minimum Gasteiger partial charge on any atom is -0.482 e. The van der Waals surface area contributed by atoms with Crippen LogP contribution < -0.4 is 19.1 Å². The zero-order valence-electron chi connectivity index (χ0n) is 18.0. The third-order valence-corrected chi connectivity index (χ3v) is 6.15. The number of amides is 2. The van der Waals surface area contributed by atoms with Gasteiger partial charge in [0.25, 0.3) is 5.91 Å². The minimum absolute atomic E-state index is 0.0519. The molecule has 2 amide bonds. The number of para-hydroxylation sites is 2. The second kappa shape index (κ2) is 9.08. The molecule has 168 valence electrons. The number of anilines is 1. The summed E-state index contributed by atoms with van der Waals surface area (Å²) in [6, 6.07) is 13.6. The van der Waals surface area contributed by atoms with Crippen LogP contribution in [0.4, 0.5) is 5.69 Å². The van der Waals surface area contributed by atoms with Crippen molar-refractivity contribution in [3.8, 4) is 17.2 Å². The number of carbonyl (C=O) groups excluding carboxylic acids is 2. The first-order valence-electron chi connectivity index (χ1n) is 11.1. The van der Waals surface area contributed by atoms with Crippen molar-refractivity contribution in [3.63, 3.8) is 0 Å². The summed E-state index contributed by atoms with van der Waals surface area (Å²) in [4.78, 5) is 31.0. The maximum absolute atomic E-state index is 12.7. The molecule has 0 atom stereocenters. The molecule has 0 aromatic heterocycles. The van der Waals surface area contributed by atoms with Gasteiger partial charge in [0, 0.05) is 45.7 Å². The number of piperazine rings is 1. The summed E-state index contributed by atoms with van der Waals surface area (Å²) < 4.78 is 16.3. The highest BCUT2D eigenvalue weighted by molar-refractivity contribution is 5.97. The van der Waals surface area contributed by atoms with Crippen molar-refractivity contribution in [2.24, 2.45) is 0 Å². The maximum atomic E-state index is 12.7. The molecule has 2 aromatic rings. The van der Waals surface area contributed by atoms with Crippen LogP contribution >= 0.6 is 0 Å². The van der Waals surface area contributed by atoms with E-state index in [1.54, 1.807) is 4.90 Å². The van der Waals surface area contributed by atoms with Gasteiger partial charge in [-0.15, -0.1) is 0 Å². The van der Waals surface area contributed by atoms with Crippen LogP contribution in [-0.2, 0) is 16.1 Å². The summed E-state index contributed by atoms with van der Waals surface area (Å²) in [5.41, 5.74) is 1.97. The molecule has 0 aliphatic carbocycles. The van der Waals surface area contributed by atoms with Gasteiger partial charge < -0.3 is 24.0 Å². The fourth-order valence-corrected chi connectivity index (χ4v) is 4.40. The van der Waals surface area contributed by atoms with Gasteiger partial charge >= 0.3 is 0 Å². The molecular formula is C24H27N3O5. The Morgan fingerprint density at radius 2 is 1.72 bits per heavy atom. The van der Waals surface area contributed by atoms with E-state index < -0.39 is 0 Å². The van der Waals surface area contributed by atoms with Gasteiger partial charge in [-0.3, -0.25) is 14.5 Å². The summed E-state index contributed by atoms with van der Waals surface area (Å²) >= 11 is 0. The van der Waals surface area contributed by atoms with Gasteiger partial charge in [0.05, 0.1) is 5.69 Å². The van der Waals surface area contributed by atoms with Crippen LogP contribution in [0.1, 0.15) is 18.4 Å². The van der Waals surface area contributed by atoms with Crippen molar-refractivity contribution in [2.45, 2.75) is 19.4 Å². The number of rotatable bonds is 6. The fraction of sp³-hybridized carbons (Fsp3) is 0.417. The third kappa shape index (κ3) is 4.36. The molecule has 0 bridgehead atoms. The molecule has 3 aliphatic rings. The molecule has 8 nitrogen and oxygen atoms in total. The molecular weight excluding hydrogens is 410 g/mol. The summed E-state index contributed by atoms with van der Waals surface area (Å²) in [6.45, 7) is 4.82. The lowest BCUT2D eigenvalue weighted by Gasteiger charge is -2.35. The van der Waals surface area contributed by atoms with E-state index in [0.29, 0.717) is 19.4 Å². The zero-order chi connectivity index (χ0) is 21.9. The highest BCUT2D eigenvalue weighted by Crippen LogP contribution is 2.33. The molecule has 5 rings (SSSR count). The number of hydrogen-bond acceptors (Lipinski definition) is 6. The van der Waals surface area contributed by atoms with Crippen LogP contribution in [0.2, 0.25) is 0 Å². The van der Waals surface area contributed by atoms with Gasteiger partial charge in [-0.05, 0) is 36.2 Å². The molecule has 0 saturated carbocycles. The molecule has 8 heteroatoms. The van der Waals surface area contributed by atoms with Crippen molar-refractivity contribution in [1.29, 1.82) is 0 Å². The minimum atomic E-state index is -0.0618. The van der Waals surface area contributed by atoms with E-state index in [0.717, 1.165) is 55.7 Å². The predicted molar refractivity (Wildman–Crippen MR) is 118 cm³/mol. The fourth-order valence-electron chi connectivity index (χ4n) is 4.40. The number of carbonyl (C=O) groups is 2. The van der Waals surface area contributed by atoms with Gasteiger partial charge in [-0.2, -0.15) is 0 Å². The van der Waals surface area contributed by atoms with Crippen LogP contribution in [0, 0.1) is 0 Å². The van der Waals surface area contributed by atoms with Crippen molar-refractivity contribution >= 4 is 17.5 Å². The topological polar surface area (TPSA) is 71.6 Å². The SMILES string of the molecule is O=C(CCCN1C(=O)COc2ccccc21)N1CCN(Cc2ccc3c(c2)OCO3)CC1. The molecule has 3 heterocycles. The number of ether oxygens (including phenoxy) is 3. The quantitative estimate of drug-likeness (QED) is 0.691. The lowest BCUT2D eigenvalue weighted by molar-refractivity contribution is -0.133. The first-order valence-corrected chi connectivity index (χ1v) is 11.1. The lowest BCUT2D eigenvalue weighted by atomic mass is 10.1. The maximum Gasteiger partial charge on any atom is 0.265 e. The van der Waals surface area contributed by atoms with Gasteiger partial charge in [0.15, 0.2) is 18.1 Å². The molecule has 0 N–H and O–H groups in total. The van der Waals surface area contributed by atoms with Crippen LogP contribution in [-0.4, -0.2) is 67.7 Å². The number of benzene rings is 2. The third-order valence-electron chi connectivity index (χ3n) is 6.15. The van der Waals surface area contributed by atoms with Crippen molar-refractivity contribution in [3.05, 3.63) is 48.0 Å². The van der Waals surface area contributed by atoms with Gasteiger partial charge in [-0.25, -0.2) is 0 Å². The van der Waals surface area contributed by atoms with E-state index in [-0.39, 0.29) is 25.2 Å². The summed E-state index contributed by atoms with van der Waals surface area (Å²) in [5, 5.41) is 0. The molecule has 1 fully saturated rings. The lowest BCUT2D eigenvalue weighted by Crippen LogP contribution is -2.48. The Hall–Kier alpha value is -3.26. The average molecular weight is 437 g/mol. The first kappa shape index (κ1) is 20.6. The molecule has 32 heavy (non-hydrogen) atoms. The first-order chi connectivity index (χ1) is 15.7.